The number of fused-ring (bicyclic) bond motifs is 1. The minimum absolute atomic E-state index is 0.484. The van der Waals surface area contributed by atoms with Crippen molar-refractivity contribution in [2.75, 3.05) is 13.2 Å². The van der Waals surface area contributed by atoms with Gasteiger partial charge in [0.1, 0.15) is 5.75 Å². The molecule has 2 nitrogen and oxygen atoms in total. The highest BCUT2D eigenvalue weighted by molar-refractivity contribution is 5.39. The molecular weight excluding hydrogens is 198 g/mol. The normalized spacial score (nSPS) is 16.4. The minimum atomic E-state index is 0.484. The summed E-state index contributed by atoms with van der Waals surface area (Å²) in [6.07, 6.45) is 3.44. The Morgan fingerprint density at radius 2 is 2.25 bits per heavy atom. The number of nitrogens with one attached hydrogen (secondary N) is 1. The van der Waals surface area contributed by atoms with Crippen LogP contribution in [0.5, 0.6) is 5.75 Å². The van der Waals surface area contributed by atoms with Crippen LogP contribution in [0.15, 0.2) is 18.2 Å². The molecule has 0 aromatic heterocycles. The van der Waals surface area contributed by atoms with Crippen molar-refractivity contribution in [3.8, 4) is 5.75 Å². The van der Waals surface area contributed by atoms with Gasteiger partial charge in [-0.3, -0.25) is 0 Å². The van der Waals surface area contributed by atoms with E-state index in [0.29, 0.717) is 6.04 Å². The lowest BCUT2D eigenvalue weighted by molar-refractivity contribution is 0.288. The number of rotatable bonds is 4. The average Bonchev–Trinajstić information content (AvgIpc) is 2.35. The van der Waals surface area contributed by atoms with Crippen LogP contribution in [0.3, 0.4) is 0 Å². The molecule has 0 bridgehead atoms. The number of hydrogen-bond acceptors (Lipinski definition) is 2. The highest BCUT2D eigenvalue weighted by atomic mass is 16.5. The summed E-state index contributed by atoms with van der Waals surface area (Å²) in [5.74, 6) is 1.08. The van der Waals surface area contributed by atoms with Gasteiger partial charge in [0, 0.05) is 6.04 Å². The van der Waals surface area contributed by atoms with Crippen LogP contribution < -0.4 is 10.1 Å². The van der Waals surface area contributed by atoms with Crippen LogP contribution in [0.4, 0.5) is 0 Å². The zero-order chi connectivity index (χ0) is 11.4. The van der Waals surface area contributed by atoms with E-state index in [0.717, 1.165) is 38.2 Å². The van der Waals surface area contributed by atoms with Crippen LogP contribution in [-0.4, -0.2) is 13.2 Å². The molecule has 1 atom stereocenters. The Balaban J connectivity index is 2.21. The van der Waals surface area contributed by atoms with Gasteiger partial charge >= 0.3 is 0 Å². The van der Waals surface area contributed by atoms with E-state index in [1.807, 2.05) is 0 Å². The maximum Gasteiger partial charge on any atom is 0.122 e. The molecule has 1 aromatic carbocycles. The van der Waals surface area contributed by atoms with Crippen molar-refractivity contribution in [1.29, 1.82) is 0 Å². The lowest BCUT2D eigenvalue weighted by Gasteiger charge is -2.21. The molecule has 1 unspecified atom stereocenters. The third kappa shape index (κ3) is 2.38. The molecule has 0 aliphatic carbocycles. The molecule has 1 N–H and O–H groups in total. The summed E-state index contributed by atoms with van der Waals surface area (Å²) in [6.45, 7) is 6.27. The Hall–Kier alpha value is -1.02. The van der Waals surface area contributed by atoms with Gasteiger partial charge in [0.2, 0.25) is 0 Å². The van der Waals surface area contributed by atoms with Gasteiger partial charge in [0.15, 0.2) is 0 Å². The van der Waals surface area contributed by atoms with Gasteiger partial charge in [-0.05, 0) is 43.0 Å². The van der Waals surface area contributed by atoms with Gasteiger partial charge in [-0.15, -0.1) is 0 Å². The SMILES string of the molecule is CCNC(CC)c1ccc2c(c1)CCCO2. The first-order valence-corrected chi connectivity index (χ1v) is 6.34. The van der Waals surface area contributed by atoms with E-state index in [1.165, 1.54) is 11.1 Å². The van der Waals surface area contributed by atoms with Crippen LogP contribution in [0, 0.1) is 0 Å². The lowest BCUT2D eigenvalue weighted by Crippen LogP contribution is -2.20. The molecule has 1 aliphatic rings. The summed E-state index contributed by atoms with van der Waals surface area (Å²) in [5.41, 5.74) is 2.77. The summed E-state index contributed by atoms with van der Waals surface area (Å²) in [4.78, 5) is 0. The van der Waals surface area contributed by atoms with E-state index in [-0.39, 0.29) is 0 Å². The second-order valence-electron chi connectivity index (χ2n) is 4.34. The van der Waals surface area contributed by atoms with Crippen LogP contribution in [-0.2, 0) is 6.42 Å². The van der Waals surface area contributed by atoms with E-state index < -0.39 is 0 Å². The van der Waals surface area contributed by atoms with Crippen molar-refractivity contribution in [1.82, 2.24) is 5.32 Å². The number of hydrogen-bond donors (Lipinski definition) is 1. The Labute approximate surface area is 98.0 Å². The van der Waals surface area contributed by atoms with E-state index in [2.05, 4.69) is 37.4 Å². The summed E-state index contributed by atoms with van der Waals surface area (Å²) in [5, 5.41) is 3.51. The maximum absolute atomic E-state index is 5.63. The molecule has 1 aliphatic heterocycles. The third-order valence-corrected chi connectivity index (χ3v) is 3.19. The molecule has 0 spiro atoms. The average molecular weight is 219 g/mol. The number of ether oxygens (including phenoxy) is 1. The first kappa shape index (κ1) is 11.5. The molecule has 0 radical (unpaired) electrons. The fourth-order valence-electron chi connectivity index (χ4n) is 2.34. The third-order valence-electron chi connectivity index (χ3n) is 3.19. The molecule has 0 fully saturated rings. The van der Waals surface area contributed by atoms with E-state index >= 15 is 0 Å². The monoisotopic (exact) mass is 219 g/mol. The van der Waals surface area contributed by atoms with Crippen molar-refractivity contribution in [2.45, 2.75) is 39.2 Å². The zero-order valence-electron chi connectivity index (χ0n) is 10.3. The molecule has 1 heterocycles. The summed E-state index contributed by atoms with van der Waals surface area (Å²) >= 11 is 0. The number of benzene rings is 1. The predicted molar refractivity (Wildman–Crippen MR) is 67.0 cm³/mol. The standard InChI is InChI=1S/C14H21NO/c1-3-13(15-4-2)11-7-8-14-12(10-11)6-5-9-16-14/h7-8,10,13,15H,3-6,9H2,1-2H3. The van der Waals surface area contributed by atoms with Crippen molar-refractivity contribution in [2.24, 2.45) is 0 Å². The molecule has 0 saturated carbocycles. The molecule has 1 aromatic rings. The first-order chi connectivity index (χ1) is 7.85. The fraction of sp³-hybridized carbons (Fsp3) is 0.571. The van der Waals surface area contributed by atoms with Crippen LogP contribution in [0.25, 0.3) is 0 Å². The minimum Gasteiger partial charge on any atom is -0.493 e. The fourth-order valence-corrected chi connectivity index (χ4v) is 2.34. The predicted octanol–water partition coefficient (Wildman–Crippen LogP) is 3.07. The van der Waals surface area contributed by atoms with Crippen LogP contribution in [0.2, 0.25) is 0 Å². The summed E-state index contributed by atoms with van der Waals surface area (Å²) in [7, 11) is 0. The Morgan fingerprint density at radius 3 is 3.00 bits per heavy atom. The zero-order valence-corrected chi connectivity index (χ0v) is 10.3. The Morgan fingerprint density at radius 1 is 1.38 bits per heavy atom. The van der Waals surface area contributed by atoms with Crippen molar-refractivity contribution in [3.05, 3.63) is 29.3 Å². The quantitative estimate of drug-likeness (QED) is 0.840. The molecule has 88 valence electrons. The Kier molecular flexibility index (Phi) is 3.83. The van der Waals surface area contributed by atoms with Gasteiger partial charge in [0.25, 0.3) is 0 Å². The van der Waals surface area contributed by atoms with Gasteiger partial charge in [0.05, 0.1) is 6.61 Å². The van der Waals surface area contributed by atoms with Crippen molar-refractivity contribution in [3.63, 3.8) is 0 Å². The largest absolute Gasteiger partial charge is 0.493 e. The smallest absolute Gasteiger partial charge is 0.122 e. The summed E-state index contributed by atoms with van der Waals surface area (Å²) in [6, 6.07) is 7.12. The van der Waals surface area contributed by atoms with Crippen molar-refractivity contribution >= 4 is 0 Å². The van der Waals surface area contributed by atoms with Crippen LogP contribution in [0.1, 0.15) is 43.9 Å². The second kappa shape index (κ2) is 5.35. The highest BCUT2D eigenvalue weighted by Gasteiger charge is 2.14. The van der Waals surface area contributed by atoms with Gasteiger partial charge in [-0.25, -0.2) is 0 Å². The van der Waals surface area contributed by atoms with E-state index in [4.69, 9.17) is 4.74 Å². The van der Waals surface area contributed by atoms with Gasteiger partial charge in [-0.2, -0.15) is 0 Å². The lowest BCUT2D eigenvalue weighted by atomic mass is 9.98. The van der Waals surface area contributed by atoms with E-state index in [9.17, 15) is 0 Å². The summed E-state index contributed by atoms with van der Waals surface area (Å²) < 4.78 is 5.63. The molecule has 2 rings (SSSR count). The van der Waals surface area contributed by atoms with Crippen molar-refractivity contribution < 1.29 is 4.74 Å². The molecule has 2 heteroatoms. The molecule has 0 saturated heterocycles. The Bertz CT molecular complexity index is 349. The van der Waals surface area contributed by atoms with Gasteiger partial charge < -0.3 is 10.1 Å². The number of aryl methyl sites for hydroxylation is 1. The van der Waals surface area contributed by atoms with E-state index in [1.54, 1.807) is 0 Å². The maximum atomic E-state index is 5.63. The molecular formula is C14H21NO. The van der Waals surface area contributed by atoms with Gasteiger partial charge in [-0.1, -0.05) is 26.0 Å². The highest BCUT2D eigenvalue weighted by Crippen LogP contribution is 2.28. The molecule has 16 heavy (non-hydrogen) atoms. The molecule has 0 amide bonds. The van der Waals surface area contributed by atoms with Crippen LogP contribution >= 0.6 is 0 Å². The second-order valence-corrected chi connectivity index (χ2v) is 4.34. The topological polar surface area (TPSA) is 21.3 Å². The first-order valence-electron chi connectivity index (χ1n) is 6.34.